The maximum absolute atomic E-state index is 11.2. The average molecular weight is 250 g/mol. The normalized spacial score (nSPS) is 18.3. The number of hydrogen-bond donors (Lipinski definition) is 3. The topological polar surface area (TPSA) is 65.1 Å². The summed E-state index contributed by atoms with van der Waals surface area (Å²) >= 11 is 0. The Kier molecular flexibility index (Phi) is 3.48. The summed E-state index contributed by atoms with van der Waals surface area (Å²) in [5.41, 5.74) is 0.755. The largest absolute Gasteiger partial charge is 0.481 e. The summed E-state index contributed by atoms with van der Waals surface area (Å²) in [7, 11) is 0. The number of rotatable bonds is 6. The van der Waals surface area contributed by atoms with Gasteiger partial charge in [0.2, 0.25) is 0 Å². The van der Waals surface area contributed by atoms with Gasteiger partial charge in [-0.1, -0.05) is 20.3 Å². The van der Waals surface area contributed by atoms with Gasteiger partial charge in [-0.15, -0.1) is 0 Å². The Morgan fingerprint density at radius 3 is 2.72 bits per heavy atom. The van der Waals surface area contributed by atoms with Crippen LogP contribution in [0.25, 0.3) is 0 Å². The van der Waals surface area contributed by atoms with Crippen molar-refractivity contribution >= 4 is 5.97 Å². The van der Waals surface area contributed by atoms with Gasteiger partial charge < -0.3 is 15.4 Å². The van der Waals surface area contributed by atoms with Gasteiger partial charge in [0.15, 0.2) is 0 Å². The second-order valence-electron chi connectivity index (χ2n) is 6.03. The quantitative estimate of drug-likeness (QED) is 0.724. The molecule has 0 aliphatic heterocycles. The predicted molar refractivity (Wildman–Crippen MR) is 70.6 cm³/mol. The number of aliphatic carboxylic acids is 1. The number of carboxylic acids is 1. The van der Waals surface area contributed by atoms with Crippen molar-refractivity contribution in [3.63, 3.8) is 0 Å². The second kappa shape index (κ2) is 4.76. The molecule has 1 fully saturated rings. The van der Waals surface area contributed by atoms with Crippen LogP contribution in [0.2, 0.25) is 0 Å². The summed E-state index contributed by atoms with van der Waals surface area (Å²) in [5.74, 6) is -0.652. The summed E-state index contributed by atoms with van der Waals surface area (Å²) in [6.45, 7) is 5.70. The standard InChI is InChI=1S/C14H22N2O2/c1-13(2,11-4-7-15-8-11)9-16-10-14(12(17)18)5-3-6-14/h4,7-8,15-16H,3,5-6,9-10H2,1-2H3,(H,17,18). The van der Waals surface area contributed by atoms with Crippen LogP contribution in [0.4, 0.5) is 0 Å². The molecule has 2 rings (SSSR count). The Morgan fingerprint density at radius 2 is 2.28 bits per heavy atom. The molecule has 100 valence electrons. The third-order valence-electron chi connectivity index (χ3n) is 4.17. The smallest absolute Gasteiger partial charge is 0.310 e. The number of aromatic amines is 1. The van der Waals surface area contributed by atoms with Crippen molar-refractivity contribution in [1.82, 2.24) is 10.3 Å². The minimum Gasteiger partial charge on any atom is -0.481 e. The van der Waals surface area contributed by atoms with E-state index >= 15 is 0 Å². The molecule has 3 N–H and O–H groups in total. The first-order valence-electron chi connectivity index (χ1n) is 6.54. The minimum atomic E-state index is -0.652. The molecule has 1 saturated carbocycles. The number of carbonyl (C=O) groups is 1. The van der Waals surface area contributed by atoms with Gasteiger partial charge in [-0.05, 0) is 24.5 Å². The molecule has 4 heteroatoms. The maximum atomic E-state index is 11.2. The van der Waals surface area contributed by atoms with Gasteiger partial charge >= 0.3 is 5.97 Å². The van der Waals surface area contributed by atoms with Crippen molar-refractivity contribution in [3.05, 3.63) is 24.0 Å². The molecule has 1 aromatic rings. The van der Waals surface area contributed by atoms with E-state index < -0.39 is 11.4 Å². The monoisotopic (exact) mass is 250 g/mol. The third kappa shape index (κ3) is 2.43. The fourth-order valence-electron chi connectivity index (χ4n) is 2.53. The Hall–Kier alpha value is -1.29. The van der Waals surface area contributed by atoms with Crippen LogP contribution in [-0.4, -0.2) is 29.1 Å². The lowest BCUT2D eigenvalue weighted by Gasteiger charge is -2.38. The number of H-pyrrole nitrogens is 1. The molecule has 0 bridgehead atoms. The van der Waals surface area contributed by atoms with Crippen molar-refractivity contribution in [2.24, 2.45) is 5.41 Å². The van der Waals surface area contributed by atoms with E-state index in [1.165, 1.54) is 5.56 Å². The summed E-state index contributed by atoms with van der Waals surface area (Å²) < 4.78 is 0. The Bertz CT molecular complexity index is 405. The van der Waals surface area contributed by atoms with Crippen LogP contribution in [-0.2, 0) is 10.2 Å². The minimum absolute atomic E-state index is 0.0173. The number of carboxylic acid groups (broad SMARTS) is 1. The van der Waals surface area contributed by atoms with E-state index in [-0.39, 0.29) is 5.41 Å². The van der Waals surface area contributed by atoms with E-state index in [4.69, 9.17) is 0 Å². The van der Waals surface area contributed by atoms with Crippen LogP contribution in [0.1, 0.15) is 38.7 Å². The molecule has 0 atom stereocenters. The zero-order valence-electron chi connectivity index (χ0n) is 11.1. The summed E-state index contributed by atoms with van der Waals surface area (Å²) in [4.78, 5) is 14.3. The van der Waals surface area contributed by atoms with E-state index in [0.717, 1.165) is 25.8 Å². The lowest BCUT2D eigenvalue weighted by molar-refractivity contribution is -0.154. The highest BCUT2D eigenvalue weighted by atomic mass is 16.4. The molecule has 0 amide bonds. The van der Waals surface area contributed by atoms with Crippen LogP contribution in [0.5, 0.6) is 0 Å². The first kappa shape index (κ1) is 13.1. The zero-order valence-corrected chi connectivity index (χ0v) is 11.1. The molecule has 1 aliphatic carbocycles. The molecular formula is C14H22N2O2. The second-order valence-corrected chi connectivity index (χ2v) is 6.03. The van der Waals surface area contributed by atoms with Gasteiger partial charge in [0.05, 0.1) is 5.41 Å². The third-order valence-corrected chi connectivity index (χ3v) is 4.17. The molecule has 1 heterocycles. The molecule has 1 aliphatic rings. The predicted octanol–water partition coefficient (Wildman–Crippen LogP) is 2.14. The summed E-state index contributed by atoms with van der Waals surface area (Å²) in [6, 6.07) is 2.07. The van der Waals surface area contributed by atoms with Crippen molar-refractivity contribution < 1.29 is 9.90 Å². The van der Waals surface area contributed by atoms with E-state index in [1.54, 1.807) is 0 Å². The highest BCUT2D eigenvalue weighted by molar-refractivity contribution is 5.76. The molecule has 0 radical (unpaired) electrons. The van der Waals surface area contributed by atoms with Gasteiger partial charge in [0.25, 0.3) is 0 Å². The molecule has 18 heavy (non-hydrogen) atoms. The molecule has 0 unspecified atom stereocenters. The molecule has 0 spiro atoms. The summed E-state index contributed by atoms with van der Waals surface area (Å²) in [5, 5.41) is 12.6. The number of nitrogens with one attached hydrogen (secondary N) is 2. The highest BCUT2D eigenvalue weighted by Crippen LogP contribution is 2.40. The van der Waals surface area contributed by atoms with Crippen molar-refractivity contribution in [3.8, 4) is 0 Å². The fourth-order valence-corrected chi connectivity index (χ4v) is 2.53. The fraction of sp³-hybridized carbons (Fsp3) is 0.643. The van der Waals surface area contributed by atoms with Gasteiger partial charge in [0.1, 0.15) is 0 Å². The Labute approximate surface area is 108 Å². The van der Waals surface area contributed by atoms with Crippen LogP contribution in [0, 0.1) is 5.41 Å². The van der Waals surface area contributed by atoms with Crippen LogP contribution in [0.15, 0.2) is 18.5 Å². The van der Waals surface area contributed by atoms with Crippen molar-refractivity contribution in [2.75, 3.05) is 13.1 Å². The van der Waals surface area contributed by atoms with Crippen molar-refractivity contribution in [2.45, 2.75) is 38.5 Å². The highest BCUT2D eigenvalue weighted by Gasteiger charge is 2.44. The maximum Gasteiger partial charge on any atom is 0.310 e. The van der Waals surface area contributed by atoms with E-state index in [9.17, 15) is 9.90 Å². The van der Waals surface area contributed by atoms with Gasteiger partial charge in [-0.3, -0.25) is 4.79 Å². The SMILES string of the molecule is CC(C)(CNCC1(C(=O)O)CCC1)c1cc[nH]c1. The Balaban J connectivity index is 1.87. The van der Waals surface area contributed by atoms with Crippen molar-refractivity contribution in [1.29, 1.82) is 0 Å². The molecule has 0 aromatic carbocycles. The van der Waals surface area contributed by atoms with Gasteiger partial charge in [0, 0.05) is 30.9 Å². The zero-order chi connectivity index (χ0) is 13.2. The van der Waals surface area contributed by atoms with E-state index in [2.05, 4.69) is 30.2 Å². The number of hydrogen-bond acceptors (Lipinski definition) is 2. The van der Waals surface area contributed by atoms with Gasteiger partial charge in [-0.2, -0.15) is 0 Å². The molecular weight excluding hydrogens is 228 g/mol. The average Bonchev–Trinajstić information content (AvgIpc) is 2.74. The van der Waals surface area contributed by atoms with Crippen LogP contribution < -0.4 is 5.32 Å². The van der Waals surface area contributed by atoms with Crippen LogP contribution >= 0.6 is 0 Å². The first-order chi connectivity index (χ1) is 8.46. The van der Waals surface area contributed by atoms with E-state index in [0.29, 0.717) is 6.54 Å². The molecule has 0 saturated heterocycles. The lowest BCUT2D eigenvalue weighted by Crippen LogP contribution is -2.48. The first-order valence-corrected chi connectivity index (χ1v) is 6.54. The lowest BCUT2D eigenvalue weighted by atomic mass is 9.68. The van der Waals surface area contributed by atoms with Crippen LogP contribution in [0.3, 0.4) is 0 Å². The van der Waals surface area contributed by atoms with Gasteiger partial charge in [-0.25, -0.2) is 0 Å². The Morgan fingerprint density at radius 1 is 1.56 bits per heavy atom. The number of aromatic nitrogens is 1. The molecule has 1 aromatic heterocycles. The summed E-state index contributed by atoms with van der Waals surface area (Å²) in [6.07, 6.45) is 6.56. The van der Waals surface area contributed by atoms with E-state index in [1.807, 2.05) is 12.4 Å². The molecule has 4 nitrogen and oxygen atoms in total.